The standard InChI is InChI=1S/C27H26N2O2S/c30-24(31)19-11-4-12-20-32-27-28-25(21-13-5-1-6-14-21)26(22-15-7-2-8-16-22)29(27)23-17-9-3-10-18-23/h1-3,5-10,13-18H,4,11-12,19-20H2,(H,30,31). The summed E-state index contributed by atoms with van der Waals surface area (Å²) in [6, 6.07) is 31.1. The van der Waals surface area contributed by atoms with E-state index in [0.717, 1.165) is 52.0 Å². The first-order valence-corrected chi connectivity index (χ1v) is 11.9. The molecule has 0 bridgehead atoms. The summed E-state index contributed by atoms with van der Waals surface area (Å²) in [6.07, 6.45) is 2.82. The minimum atomic E-state index is -0.725. The van der Waals surface area contributed by atoms with Crippen molar-refractivity contribution in [3.05, 3.63) is 91.0 Å². The largest absolute Gasteiger partial charge is 0.481 e. The molecule has 0 saturated heterocycles. The Bertz CT molecular complexity index is 1140. The van der Waals surface area contributed by atoms with E-state index in [0.29, 0.717) is 6.42 Å². The number of carboxylic acids is 1. The number of thioether (sulfide) groups is 1. The molecule has 0 amide bonds. The minimum Gasteiger partial charge on any atom is -0.481 e. The molecule has 0 fully saturated rings. The molecule has 0 saturated carbocycles. The number of carboxylic acid groups (broad SMARTS) is 1. The summed E-state index contributed by atoms with van der Waals surface area (Å²) in [5.74, 6) is 0.170. The Balaban J connectivity index is 1.74. The molecular formula is C27H26N2O2S. The van der Waals surface area contributed by atoms with Crippen molar-refractivity contribution in [2.45, 2.75) is 30.8 Å². The Morgan fingerprint density at radius 1 is 0.781 bits per heavy atom. The van der Waals surface area contributed by atoms with Gasteiger partial charge in [-0.1, -0.05) is 97.0 Å². The molecule has 0 radical (unpaired) electrons. The molecule has 1 heterocycles. The van der Waals surface area contributed by atoms with Crippen LogP contribution in [0.2, 0.25) is 0 Å². The molecule has 0 aliphatic heterocycles. The van der Waals surface area contributed by atoms with Crippen LogP contribution in [-0.2, 0) is 4.79 Å². The number of aliphatic carboxylic acids is 1. The molecule has 0 aliphatic carbocycles. The summed E-state index contributed by atoms with van der Waals surface area (Å²) in [7, 11) is 0. The molecule has 1 aromatic heterocycles. The van der Waals surface area contributed by atoms with Gasteiger partial charge in [0.15, 0.2) is 5.16 Å². The quantitative estimate of drug-likeness (QED) is 0.213. The second-order valence-corrected chi connectivity index (χ2v) is 8.61. The second-order valence-electron chi connectivity index (χ2n) is 7.55. The van der Waals surface area contributed by atoms with Crippen LogP contribution in [0.3, 0.4) is 0 Å². The maximum atomic E-state index is 10.7. The lowest BCUT2D eigenvalue weighted by atomic mass is 10.0. The fourth-order valence-corrected chi connectivity index (χ4v) is 4.70. The zero-order valence-corrected chi connectivity index (χ0v) is 18.7. The van der Waals surface area contributed by atoms with Crippen LogP contribution in [0.25, 0.3) is 28.2 Å². The maximum absolute atomic E-state index is 10.7. The number of rotatable bonds is 10. The van der Waals surface area contributed by atoms with Crippen LogP contribution in [0.1, 0.15) is 25.7 Å². The fourth-order valence-electron chi connectivity index (χ4n) is 3.69. The van der Waals surface area contributed by atoms with Crippen molar-refractivity contribution in [3.63, 3.8) is 0 Å². The number of benzene rings is 3. The van der Waals surface area contributed by atoms with Gasteiger partial charge in [-0.15, -0.1) is 0 Å². The van der Waals surface area contributed by atoms with Gasteiger partial charge >= 0.3 is 5.97 Å². The van der Waals surface area contributed by atoms with Crippen molar-refractivity contribution in [1.82, 2.24) is 9.55 Å². The Labute approximate surface area is 193 Å². The van der Waals surface area contributed by atoms with Crippen LogP contribution in [0.4, 0.5) is 0 Å². The van der Waals surface area contributed by atoms with Gasteiger partial charge in [0.05, 0.1) is 11.4 Å². The molecule has 0 spiro atoms. The van der Waals surface area contributed by atoms with Gasteiger partial charge in [-0.3, -0.25) is 9.36 Å². The van der Waals surface area contributed by atoms with Gasteiger partial charge in [0.2, 0.25) is 0 Å². The first-order valence-electron chi connectivity index (χ1n) is 10.9. The van der Waals surface area contributed by atoms with Crippen LogP contribution >= 0.6 is 11.8 Å². The smallest absolute Gasteiger partial charge is 0.303 e. The Hall–Kier alpha value is -3.31. The van der Waals surface area contributed by atoms with Gasteiger partial charge < -0.3 is 5.11 Å². The average Bonchev–Trinajstić information content (AvgIpc) is 3.22. The first-order chi connectivity index (χ1) is 15.7. The molecular weight excluding hydrogens is 416 g/mol. The van der Waals surface area contributed by atoms with E-state index in [1.165, 1.54) is 0 Å². The van der Waals surface area contributed by atoms with E-state index in [9.17, 15) is 4.79 Å². The first kappa shape index (κ1) is 21.9. The molecule has 0 atom stereocenters. The van der Waals surface area contributed by atoms with E-state index in [2.05, 4.69) is 53.1 Å². The van der Waals surface area contributed by atoms with E-state index >= 15 is 0 Å². The number of hydrogen-bond acceptors (Lipinski definition) is 3. The van der Waals surface area contributed by atoms with Crippen molar-refractivity contribution < 1.29 is 9.90 Å². The highest BCUT2D eigenvalue weighted by Gasteiger charge is 2.21. The number of unbranched alkanes of at least 4 members (excludes halogenated alkanes) is 2. The highest BCUT2D eigenvalue weighted by atomic mass is 32.2. The van der Waals surface area contributed by atoms with Crippen LogP contribution in [-0.4, -0.2) is 26.4 Å². The average molecular weight is 443 g/mol. The molecule has 4 nitrogen and oxygen atoms in total. The minimum absolute atomic E-state index is 0.236. The molecule has 0 unspecified atom stereocenters. The zero-order valence-electron chi connectivity index (χ0n) is 17.9. The Morgan fingerprint density at radius 2 is 1.38 bits per heavy atom. The predicted octanol–water partition coefficient (Wildman–Crippen LogP) is 6.94. The molecule has 5 heteroatoms. The van der Waals surface area contributed by atoms with Crippen molar-refractivity contribution in [1.29, 1.82) is 0 Å². The number of para-hydroxylation sites is 1. The number of aromatic nitrogens is 2. The van der Waals surface area contributed by atoms with E-state index in [1.54, 1.807) is 11.8 Å². The SMILES string of the molecule is O=C(O)CCCCCSc1nc(-c2ccccc2)c(-c2ccccc2)n1-c1ccccc1. The molecule has 1 N–H and O–H groups in total. The zero-order chi connectivity index (χ0) is 22.2. The fraction of sp³-hybridized carbons (Fsp3) is 0.185. The van der Waals surface area contributed by atoms with Gasteiger partial charge in [-0.05, 0) is 25.0 Å². The Kier molecular flexibility index (Phi) is 7.41. The summed E-state index contributed by atoms with van der Waals surface area (Å²) < 4.78 is 2.25. The monoisotopic (exact) mass is 442 g/mol. The summed E-state index contributed by atoms with van der Waals surface area (Å²) in [5, 5.41) is 9.79. The van der Waals surface area contributed by atoms with Crippen molar-refractivity contribution in [2.75, 3.05) is 5.75 Å². The second kappa shape index (κ2) is 10.8. The van der Waals surface area contributed by atoms with Crippen LogP contribution in [0.15, 0.2) is 96.2 Å². The number of hydrogen-bond donors (Lipinski definition) is 1. The van der Waals surface area contributed by atoms with Gasteiger partial charge in [-0.2, -0.15) is 0 Å². The predicted molar refractivity (Wildman–Crippen MR) is 131 cm³/mol. The van der Waals surface area contributed by atoms with E-state index in [-0.39, 0.29) is 6.42 Å². The molecule has 0 aliphatic rings. The summed E-state index contributed by atoms with van der Waals surface area (Å²) in [6.45, 7) is 0. The third-order valence-corrected chi connectivity index (χ3v) is 6.25. The molecule has 3 aromatic carbocycles. The van der Waals surface area contributed by atoms with Gasteiger partial charge in [0, 0.05) is 29.0 Å². The molecule has 4 aromatic rings. The van der Waals surface area contributed by atoms with E-state index in [1.807, 2.05) is 42.5 Å². The molecule has 4 rings (SSSR count). The maximum Gasteiger partial charge on any atom is 0.303 e. The van der Waals surface area contributed by atoms with Crippen molar-refractivity contribution >= 4 is 17.7 Å². The van der Waals surface area contributed by atoms with Gasteiger partial charge in [0.25, 0.3) is 0 Å². The highest BCUT2D eigenvalue weighted by Crippen LogP contribution is 2.38. The lowest BCUT2D eigenvalue weighted by Gasteiger charge is -2.13. The Morgan fingerprint density at radius 3 is 2.00 bits per heavy atom. The number of nitrogens with zero attached hydrogens (tertiary/aromatic N) is 2. The normalized spacial score (nSPS) is 10.9. The van der Waals surface area contributed by atoms with E-state index < -0.39 is 5.97 Å². The van der Waals surface area contributed by atoms with E-state index in [4.69, 9.17) is 10.1 Å². The number of carbonyl (C=O) groups is 1. The van der Waals surface area contributed by atoms with Crippen LogP contribution in [0.5, 0.6) is 0 Å². The lowest BCUT2D eigenvalue weighted by molar-refractivity contribution is -0.137. The lowest BCUT2D eigenvalue weighted by Crippen LogP contribution is -2.00. The van der Waals surface area contributed by atoms with Gasteiger partial charge in [-0.25, -0.2) is 4.98 Å². The number of imidazole rings is 1. The van der Waals surface area contributed by atoms with Crippen LogP contribution < -0.4 is 0 Å². The summed E-state index contributed by atoms with van der Waals surface area (Å²) in [4.78, 5) is 15.9. The summed E-state index contributed by atoms with van der Waals surface area (Å²) in [5.41, 5.74) is 5.33. The molecule has 162 valence electrons. The third-order valence-electron chi connectivity index (χ3n) is 5.22. The third kappa shape index (κ3) is 5.29. The summed E-state index contributed by atoms with van der Waals surface area (Å²) >= 11 is 1.73. The van der Waals surface area contributed by atoms with Crippen molar-refractivity contribution in [2.24, 2.45) is 0 Å². The van der Waals surface area contributed by atoms with Gasteiger partial charge in [0.1, 0.15) is 0 Å². The topological polar surface area (TPSA) is 55.1 Å². The van der Waals surface area contributed by atoms with Crippen LogP contribution in [0, 0.1) is 0 Å². The van der Waals surface area contributed by atoms with Crippen molar-refractivity contribution in [3.8, 4) is 28.2 Å². The molecule has 32 heavy (non-hydrogen) atoms. The highest BCUT2D eigenvalue weighted by molar-refractivity contribution is 7.99.